The molecule has 0 heterocycles. The van der Waals surface area contributed by atoms with Crippen LogP contribution in [0.2, 0.25) is 0 Å². The van der Waals surface area contributed by atoms with Gasteiger partial charge in [-0.25, -0.2) is 0 Å². The molecule has 1 aromatic rings. The molecule has 0 aliphatic carbocycles. The molecule has 9 nitrogen and oxygen atoms in total. The number of nitro groups is 1. The summed E-state index contributed by atoms with van der Waals surface area (Å²) in [5.74, 6) is -1.18. The Kier molecular flexibility index (Phi) is 4.62. The molecule has 1 aromatic carbocycles. The molecule has 10 heteroatoms. The van der Waals surface area contributed by atoms with Crippen molar-refractivity contribution in [2.24, 2.45) is 0 Å². The number of hydrogen-bond donors (Lipinski definition) is 4. The highest BCUT2D eigenvalue weighted by molar-refractivity contribution is 7.79. The predicted molar refractivity (Wildman–Crippen MR) is 50.6 cm³/mol. The molecule has 0 unspecified atom stereocenters. The van der Waals surface area contributed by atoms with Crippen molar-refractivity contribution in [1.82, 2.24) is 0 Å². The van der Waals surface area contributed by atoms with Crippen LogP contribution in [0.3, 0.4) is 0 Å². The van der Waals surface area contributed by atoms with E-state index in [4.69, 9.17) is 27.7 Å². The second-order valence-corrected chi connectivity index (χ2v) is 3.25. The summed E-state index contributed by atoms with van der Waals surface area (Å²) in [4.78, 5) is 9.34. The molecule has 1 rings (SSSR count). The second kappa shape index (κ2) is 5.25. The van der Waals surface area contributed by atoms with Crippen molar-refractivity contribution in [2.45, 2.75) is 0 Å². The van der Waals surface area contributed by atoms with E-state index < -0.39 is 32.5 Å². The molecule has 0 fully saturated rings. The average molecular weight is 253 g/mol. The van der Waals surface area contributed by atoms with E-state index >= 15 is 0 Å². The largest absolute Gasteiger partial charge is 0.504 e. The van der Waals surface area contributed by atoms with Crippen molar-refractivity contribution in [2.75, 3.05) is 0 Å². The van der Waals surface area contributed by atoms with Crippen LogP contribution < -0.4 is 0 Å². The Morgan fingerprint density at radius 2 is 1.62 bits per heavy atom. The van der Waals surface area contributed by atoms with E-state index in [0.717, 1.165) is 6.07 Å². The maximum atomic E-state index is 10.1. The number of para-hydroxylation sites is 1. The smallest absolute Gasteiger partial charge is 0.394 e. The van der Waals surface area contributed by atoms with Gasteiger partial charge in [0.15, 0.2) is 5.75 Å². The third-order valence-corrected chi connectivity index (χ3v) is 1.19. The third kappa shape index (κ3) is 5.74. The Hall–Kier alpha value is -1.91. The summed E-state index contributed by atoms with van der Waals surface area (Å²) in [5, 5.41) is 27.8. The van der Waals surface area contributed by atoms with Crippen LogP contribution in [-0.4, -0.2) is 32.7 Å². The quantitative estimate of drug-likeness (QED) is 0.241. The lowest BCUT2D eigenvalue weighted by Gasteiger charge is -1.96. The van der Waals surface area contributed by atoms with Crippen LogP contribution >= 0.6 is 0 Å². The first-order valence-corrected chi connectivity index (χ1v) is 4.88. The van der Waals surface area contributed by atoms with Crippen LogP contribution in [0, 0.1) is 10.1 Å². The molecule has 0 saturated carbocycles. The van der Waals surface area contributed by atoms with Gasteiger partial charge < -0.3 is 10.2 Å². The lowest BCUT2D eigenvalue weighted by Crippen LogP contribution is -1.89. The summed E-state index contributed by atoms with van der Waals surface area (Å²) in [5.41, 5.74) is -0.495. The van der Waals surface area contributed by atoms with E-state index in [9.17, 15) is 10.1 Å². The second-order valence-electron chi connectivity index (χ2n) is 2.35. The van der Waals surface area contributed by atoms with Gasteiger partial charge in [0.2, 0.25) is 5.75 Å². The van der Waals surface area contributed by atoms with E-state index in [1.165, 1.54) is 12.1 Å². The molecule has 0 bridgehead atoms. The first kappa shape index (κ1) is 14.1. The monoisotopic (exact) mass is 253 g/mol. The molecule has 0 atom stereocenters. The maximum Gasteiger partial charge on any atom is 0.394 e. The van der Waals surface area contributed by atoms with Crippen LogP contribution in [0.25, 0.3) is 0 Å². The van der Waals surface area contributed by atoms with E-state index in [2.05, 4.69) is 0 Å². The molecule has 0 spiro atoms. The van der Waals surface area contributed by atoms with Crippen LogP contribution in [0.1, 0.15) is 0 Å². The van der Waals surface area contributed by atoms with Gasteiger partial charge in [0.05, 0.1) is 4.92 Å². The molecule has 4 N–H and O–H groups in total. The fourth-order valence-electron chi connectivity index (χ4n) is 0.667. The summed E-state index contributed by atoms with van der Waals surface area (Å²) < 4.78 is 31.6. The zero-order valence-corrected chi connectivity index (χ0v) is 8.33. The highest BCUT2D eigenvalue weighted by Crippen LogP contribution is 2.33. The van der Waals surface area contributed by atoms with Gasteiger partial charge in [0, 0.05) is 6.07 Å². The number of phenols is 2. The van der Waals surface area contributed by atoms with E-state index in [-0.39, 0.29) is 0 Å². The molecule has 0 aliphatic rings. The Labute approximate surface area is 89.3 Å². The number of nitro benzene ring substituents is 1. The van der Waals surface area contributed by atoms with Crippen molar-refractivity contribution < 1.29 is 32.7 Å². The van der Waals surface area contributed by atoms with Gasteiger partial charge in [0.1, 0.15) is 0 Å². The average Bonchev–Trinajstić information content (AvgIpc) is 2.06. The van der Waals surface area contributed by atoms with Gasteiger partial charge in [-0.15, -0.1) is 0 Å². The van der Waals surface area contributed by atoms with Crippen LogP contribution in [-0.2, 0) is 10.4 Å². The molecule has 16 heavy (non-hydrogen) atoms. The van der Waals surface area contributed by atoms with Crippen LogP contribution in [0.5, 0.6) is 11.5 Å². The van der Waals surface area contributed by atoms with Gasteiger partial charge in [-0.05, 0) is 6.07 Å². The third-order valence-electron chi connectivity index (χ3n) is 1.19. The standard InChI is InChI=1S/C6H5NO4.H2O4S/c8-5-3-1-2-4(6(5)9)7(10)11;1-5(2,3)4/h1-3,8-9H;(H2,1,2,3,4). The molecule has 90 valence electrons. The highest BCUT2D eigenvalue weighted by Gasteiger charge is 2.14. The van der Waals surface area contributed by atoms with E-state index in [1.807, 2.05) is 0 Å². The minimum atomic E-state index is -4.67. The minimum Gasteiger partial charge on any atom is -0.504 e. The zero-order chi connectivity index (χ0) is 12.9. The Morgan fingerprint density at radius 1 is 1.19 bits per heavy atom. The molecular formula is C6H7NO8S. The van der Waals surface area contributed by atoms with Gasteiger partial charge in [-0.3, -0.25) is 19.2 Å². The fourth-order valence-corrected chi connectivity index (χ4v) is 0.667. The maximum absolute atomic E-state index is 10.1. The van der Waals surface area contributed by atoms with Crippen molar-refractivity contribution in [3.63, 3.8) is 0 Å². The summed E-state index contributed by atoms with van der Waals surface area (Å²) in [6, 6.07) is 3.56. The van der Waals surface area contributed by atoms with Gasteiger partial charge in [-0.2, -0.15) is 8.42 Å². The van der Waals surface area contributed by atoms with Gasteiger partial charge >= 0.3 is 16.1 Å². The molecule has 0 aliphatic heterocycles. The van der Waals surface area contributed by atoms with Gasteiger partial charge in [0.25, 0.3) is 0 Å². The van der Waals surface area contributed by atoms with E-state index in [0.29, 0.717) is 0 Å². The topological polar surface area (TPSA) is 158 Å². The first-order valence-electron chi connectivity index (χ1n) is 3.48. The molecule has 0 saturated heterocycles. The predicted octanol–water partition coefficient (Wildman–Crippen LogP) is 0.353. The van der Waals surface area contributed by atoms with Crippen molar-refractivity contribution in [1.29, 1.82) is 0 Å². The van der Waals surface area contributed by atoms with Crippen LogP contribution in [0.15, 0.2) is 18.2 Å². The Morgan fingerprint density at radius 3 is 1.94 bits per heavy atom. The summed E-state index contributed by atoms with van der Waals surface area (Å²) in [7, 11) is -4.67. The lowest BCUT2D eigenvalue weighted by molar-refractivity contribution is -0.386. The number of phenolic OH excluding ortho intramolecular Hbond substituents is 2. The number of benzene rings is 1. The molecule has 0 aromatic heterocycles. The van der Waals surface area contributed by atoms with Crippen LogP contribution in [0.4, 0.5) is 5.69 Å². The van der Waals surface area contributed by atoms with Crippen molar-refractivity contribution in [3.05, 3.63) is 28.3 Å². The SMILES string of the molecule is O=S(=O)(O)O.O=[N+]([O-])c1cccc(O)c1O. The lowest BCUT2D eigenvalue weighted by atomic mass is 10.3. The Bertz CT molecular complexity index is 473. The molecule has 0 amide bonds. The first-order chi connectivity index (χ1) is 7.13. The summed E-state index contributed by atoms with van der Waals surface area (Å²) in [6.45, 7) is 0. The summed E-state index contributed by atoms with van der Waals surface area (Å²) >= 11 is 0. The highest BCUT2D eigenvalue weighted by atomic mass is 32.3. The number of rotatable bonds is 1. The normalized spacial score (nSPS) is 10.1. The molecule has 0 radical (unpaired) electrons. The minimum absolute atomic E-state index is 0.487. The van der Waals surface area contributed by atoms with Crippen molar-refractivity contribution >= 4 is 16.1 Å². The van der Waals surface area contributed by atoms with Crippen molar-refractivity contribution in [3.8, 4) is 11.5 Å². The van der Waals surface area contributed by atoms with E-state index in [1.54, 1.807) is 0 Å². The number of aromatic hydroxyl groups is 2. The zero-order valence-electron chi connectivity index (χ0n) is 7.51. The number of hydrogen-bond acceptors (Lipinski definition) is 6. The summed E-state index contributed by atoms with van der Waals surface area (Å²) in [6.07, 6.45) is 0. The van der Waals surface area contributed by atoms with Gasteiger partial charge in [-0.1, -0.05) is 6.07 Å². The molecular weight excluding hydrogens is 246 g/mol. The number of nitrogens with zero attached hydrogens (tertiary/aromatic N) is 1. The Balaban J connectivity index is 0.000000385. The fraction of sp³-hybridized carbons (Fsp3) is 0.